The number of carbonyl (C=O) groups is 2. The van der Waals surface area contributed by atoms with E-state index in [1.54, 1.807) is 0 Å². The van der Waals surface area contributed by atoms with Crippen LogP contribution in [-0.4, -0.2) is 23.6 Å². The van der Waals surface area contributed by atoms with Crippen LogP contribution in [0.5, 0.6) is 5.75 Å². The first kappa shape index (κ1) is 17.6. The summed E-state index contributed by atoms with van der Waals surface area (Å²) in [6.45, 7) is -0.609. The summed E-state index contributed by atoms with van der Waals surface area (Å²) in [5.74, 6) is -1.88. The van der Waals surface area contributed by atoms with Gasteiger partial charge in [-0.2, -0.15) is 5.26 Å². The molecule has 8 heteroatoms. The first-order chi connectivity index (χ1) is 11.4. The average Bonchev–Trinajstić information content (AvgIpc) is 2.55. The number of aromatic hydroxyl groups is 1. The molecule has 0 heterocycles. The molecule has 24 heavy (non-hydrogen) atoms. The van der Waals surface area contributed by atoms with Gasteiger partial charge in [0.1, 0.15) is 17.4 Å². The fourth-order valence-electron chi connectivity index (χ4n) is 1.78. The SMILES string of the molecule is N#Cc1ccc(Cl)cc1NC(=O)COC(=O)c1cc(Cl)ccc1O. The van der Waals surface area contributed by atoms with Gasteiger partial charge in [0.15, 0.2) is 6.61 Å². The van der Waals surface area contributed by atoms with E-state index in [-0.39, 0.29) is 27.6 Å². The molecule has 0 unspecified atom stereocenters. The zero-order valence-corrected chi connectivity index (χ0v) is 13.6. The summed E-state index contributed by atoms with van der Waals surface area (Å²) in [5.41, 5.74) is 0.263. The van der Waals surface area contributed by atoms with Gasteiger partial charge in [0, 0.05) is 10.0 Å². The minimum Gasteiger partial charge on any atom is -0.507 e. The molecule has 0 spiro atoms. The molecule has 2 N–H and O–H groups in total. The monoisotopic (exact) mass is 364 g/mol. The van der Waals surface area contributed by atoms with E-state index in [1.807, 2.05) is 6.07 Å². The minimum atomic E-state index is -0.906. The molecule has 0 aliphatic heterocycles. The number of phenols is 1. The van der Waals surface area contributed by atoms with Crippen LogP contribution < -0.4 is 5.32 Å². The highest BCUT2D eigenvalue weighted by atomic mass is 35.5. The second kappa shape index (κ2) is 7.68. The number of hydrogen-bond donors (Lipinski definition) is 2. The number of hydrogen-bond acceptors (Lipinski definition) is 5. The van der Waals surface area contributed by atoms with E-state index in [2.05, 4.69) is 5.32 Å². The molecule has 0 aliphatic rings. The van der Waals surface area contributed by atoms with Crippen molar-refractivity contribution < 1.29 is 19.4 Å². The smallest absolute Gasteiger partial charge is 0.342 e. The molecule has 1 amide bonds. The van der Waals surface area contributed by atoms with Crippen molar-refractivity contribution in [3.05, 3.63) is 57.6 Å². The van der Waals surface area contributed by atoms with Crippen molar-refractivity contribution in [1.29, 1.82) is 5.26 Å². The Hall–Kier alpha value is -2.75. The third-order valence-corrected chi connectivity index (χ3v) is 3.36. The largest absolute Gasteiger partial charge is 0.507 e. The Bertz CT molecular complexity index is 846. The van der Waals surface area contributed by atoms with Crippen molar-refractivity contribution in [1.82, 2.24) is 0 Å². The van der Waals surface area contributed by atoms with Gasteiger partial charge in [-0.05, 0) is 36.4 Å². The molecule has 0 fully saturated rings. The maximum absolute atomic E-state index is 11.9. The van der Waals surface area contributed by atoms with Gasteiger partial charge in [-0.3, -0.25) is 4.79 Å². The summed E-state index contributed by atoms with van der Waals surface area (Å²) in [4.78, 5) is 23.7. The fourth-order valence-corrected chi connectivity index (χ4v) is 2.13. The van der Waals surface area contributed by atoms with Gasteiger partial charge in [0.25, 0.3) is 5.91 Å². The van der Waals surface area contributed by atoms with Crippen molar-refractivity contribution in [3.8, 4) is 11.8 Å². The third kappa shape index (κ3) is 4.38. The molecule has 0 radical (unpaired) electrons. The molecular formula is C16H10Cl2N2O4. The molecule has 2 aromatic rings. The number of esters is 1. The van der Waals surface area contributed by atoms with Crippen LogP contribution in [0.25, 0.3) is 0 Å². The number of nitriles is 1. The van der Waals surface area contributed by atoms with E-state index < -0.39 is 18.5 Å². The van der Waals surface area contributed by atoms with Crippen molar-refractivity contribution in [2.24, 2.45) is 0 Å². The topological polar surface area (TPSA) is 99.4 Å². The number of halogens is 2. The number of amides is 1. The summed E-state index contributed by atoms with van der Waals surface area (Å²) >= 11 is 11.5. The lowest BCUT2D eigenvalue weighted by atomic mass is 10.2. The number of ether oxygens (including phenoxy) is 1. The summed E-state index contributed by atoms with van der Waals surface area (Å²) in [6.07, 6.45) is 0. The zero-order valence-electron chi connectivity index (χ0n) is 12.0. The van der Waals surface area contributed by atoms with E-state index in [1.165, 1.54) is 36.4 Å². The van der Waals surface area contributed by atoms with Gasteiger partial charge in [-0.25, -0.2) is 4.79 Å². The van der Waals surface area contributed by atoms with Gasteiger partial charge in [-0.15, -0.1) is 0 Å². The molecule has 0 aliphatic carbocycles. The molecule has 122 valence electrons. The molecule has 0 bridgehead atoms. The summed E-state index contributed by atoms with van der Waals surface area (Å²) < 4.78 is 4.82. The maximum Gasteiger partial charge on any atom is 0.342 e. The van der Waals surface area contributed by atoms with Gasteiger partial charge >= 0.3 is 5.97 Å². The molecular weight excluding hydrogens is 355 g/mol. The number of nitrogens with zero attached hydrogens (tertiary/aromatic N) is 1. The Kier molecular flexibility index (Phi) is 5.64. The Balaban J connectivity index is 2.01. The van der Waals surface area contributed by atoms with Gasteiger partial charge in [-0.1, -0.05) is 23.2 Å². The van der Waals surface area contributed by atoms with Crippen LogP contribution in [0.2, 0.25) is 10.0 Å². The van der Waals surface area contributed by atoms with E-state index in [9.17, 15) is 14.7 Å². The number of nitrogens with one attached hydrogen (secondary N) is 1. The first-order valence-electron chi connectivity index (χ1n) is 6.56. The van der Waals surface area contributed by atoms with Crippen LogP contribution in [0.1, 0.15) is 15.9 Å². The van der Waals surface area contributed by atoms with Gasteiger partial charge < -0.3 is 15.2 Å². The second-order valence-electron chi connectivity index (χ2n) is 4.59. The van der Waals surface area contributed by atoms with E-state index in [4.69, 9.17) is 33.2 Å². The van der Waals surface area contributed by atoms with Gasteiger partial charge in [0.05, 0.1) is 11.3 Å². The Morgan fingerprint density at radius 3 is 2.54 bits per heavy atom. The minimum absolute atomic E-state index is 0.157. The molecule has 0 aromatic heterocycles. The van der Waals surface area contributed by atoms with E-state index >= 15 is 0 Å². The standard InChI is InChI=1S/C16H10Cl2N2O4/c17-10-3-4-14(21)12(5-10)16(23)24-8-15(22)20-13-6-11(18)2-1-9(13)7-19/h1-6,21H,8H2,(H,20,22). The fraction of sp³-hybridized carbons (Fsp3) is 0.0625. The van der Waals surface area contributed by atoms with Crippen LogP contribution in [0, 0.1) is 11.3 Å². The van der Waals surface area contributed by atoms with Gasteiger partial charge in [0.2, 0.25) is 0 Å². The lowest BCUT2D eigenvalue weighted by Gasteiger charge is -2.09. The Morgan fingerprint density at radius 2 is 1.83 bits per heavy atom. The number of rotatable bonds is 4. The van der Waals surface area contributed by atoms with Crippen LogP contribution >= 0.6 is 23.2 Å². The Morgan fingerprint density at radius 1 is 1.17 bits per heavy atom. The predicted octanol–water partition coefficient (Wildman–Crippen LogP) is 3.37. The van der Waals surface area contributed by atoms with Crippen LogP contribution in [0.15, 0.2) is 36.4 Å². The molecule has 2 aromatic carbocycles. The van der Waals surface area contributed by atoms with E-state index in [0.717, 1.165) is 0 Å². The third-order valence-electron chi connectivity index (χ3n) is 2.89. The normalized spacial score (nSPS) is 9.88. The van der Waals surface area contributed by atoms with Crippen molar-refractivity contribution in [2.45, 2.75) is 0 Å². The number of carbonyl (C=O) groups excluding carboxylic acids is 2. The zero-order chi connectivity index (χ0) is 17.7. The predicted molar refractivity (Wildman–Crippen MR) is 88.2 cm³/mol. The quantitative estimate of drug-likeness (QED) is 0.810. The highest BCUT2D eigenvalue weighted by Gasteiger charge is 2.15. The first-order valence-corrected chi connectivity index (χ1v) is 7.31. The van der Waals surface area contributed by atoms with Crippen molar-refractivity contribution in [2.75, 3.05) is 11.9 Å². The Labute approximate surface area is 147 Å². The maximum atomic E-state index is 11.9. The molecule has 2 rings (SSSR count). The van der Waals surface area contributed by atoms with E-state index in [0.29, 0.717) is 5.02 Å². The molecule has 0 atom stereocenters. The molecule has 0 saturated carbocycles. The second-order valence-corrected chi connectivity index (χ2v) is 5.46. The van der Waals surface area contributed by atoms with Crippen LogP contribution in [0.3, 0.4) is 0 Å². The van der Waals surface area contributed by atoms with Crippen LogP contribution in [-0.2, 0) is 9.53 Å². The molecule has 6 nitrogen and oxygen atoms in total. The lowest BCUT2D eigenvalue weighted by Crippen LogP contribution is -2.21. The highest BCUT2D eigenvalue weighted by Crippen LogP contribution is 2.23. The highest BCUT2D eigenvalue weighted by molar-refractivity contribution is 6.31. The number of anilines is 1. The van der Waals surface area contributed by atoms with Crippen molar-refractivity contribution in [3.63, 3.8) is 0 Å². The lowest BCUT2D eigenvalue weighted by molar-refractivity contribution is -0.119. The van der Waals surface area contributed by atoms with Crippen molar-refractivity contribution >= 4 is 40.8 Å². The summed E-state index contributed by atoms with van der Waals surface area (Å²) in [6, 6.07) is 10.1. The molecule has 0 saturated heterocycles. The number of benzene rings is 2. The summed E-state index contributed by atoms with van der Waals surface area (Å²) in [7, 11) is 0. The average molecular weight is 365 g/mol. The number of phenolic OH excluding ortho intramolecular Hbond substituents is 1. The van der Waals surface area contributed by atoms with Crippen LogP contribution in [0.4, 0.5) is 5.69 Å². The summed E-state index contributed by atoms with van der Waals surface area (Å²) in [5, 5.41) is 21.6.